The van der Waals surface area contributed by atoms with Crippen LogP contribution in [-0.2, 0) is 9.59 Å². The molecule has 214 valence electrons. The fraction of sp³-hybridized carbons (Fsp3) is 0.147. The van der Waals surface area contributed by atoms with Crippen LogP contribution in [0.5, 0.6) is 5.75 Å². The molecule has 0 spiro atoms. The van der Waals surface area contributed by atoms with Crippen molar-refractivity contribution in [3.05, 3.63) is 126 Å². The smallest absolute Gasteiger partial charge is 0.272 e. The van der Waals surface area contributed by atoms with Gasteiger partial charge in [0.2, 0.25) is 5.91 Å². The van der Waals surface area contributed by atoms with E-state index >= 15 is 0 Å². The monoisotopic (exact) mass is 579 g/mol. The zero-order chi connectivity index (χ0) is 29.9. The molecule has 3 amide bonds. The lowest BCUT2D eigenvalue weighted by atomic mass is 10.0. The number of carbonyl (C=O) groups excluding carboxylic acids is 3. The molecule has 0 fully saturated rings. The molecule has 0 heterocycles. The lowest BCUT2D eigenvalue weighted by Crippen LogP contribution is -2.30. The second-order valence-corrected chi connectivity index (χ2v) is 10.8. The van der Waals surface area contributed by atoms with Crippen molar-refractivity contribution in [2.24, 2.45) is 0 Å². The van der Waals surface area contributed by atoms with Crippen LogP contribution >= 0.6 is 11.8 Å². The van der Waals surface area contributed by atoms with Crippen LogP contribution in [0.15, 0.2) is 114 Å². The Kier molecular flexibility index (Phi) is 10.6. The molecule has 4 aromatic carbocycles. The number of amides is 3. The molecule has 0 saturated carbocycles. The van der Waals surface area contributed by atoms with Crippen molar-refractivity contribution in [1.29, 1.82) is 0 Å². The SMILES string of the molecule is COc1ccccc1NC(=O)CSc1cccc(NC(=O)/C(=C\c2ccc(C(C)C)cc2)NC(=O)c2ccccc2)c1. The van der Waals surface area contributed by atoms with E-state index in [0.29, 0.717) is 28.6 Å². The second kappa shape index (κ2) is 14.7. The number of rotatable bonds is 11. The Morgan fingerprint density at radius 3 is 2.26 bits per heavy atom. The molecule has 0 aliphatic carbocycles. The Morgan fingerprint density at radius 1 is 0.833 bits per heavy atom. The van der Waals surface area contributed by atoms with Crippen molar-refractivity contribution in [3.63, 3.8) is 0 Å². The average molecular weight is 580 g/mol. The fourth-order valence-electron chi connectivity index (χ4n) is 4.03. The van der Waals surface area contributed by atoms with Gasteiger partial charge in [-0.3, -0.25) is 14.4 Å². The molecule has 7 nitrogen and oxygen atoms in total. The minimum Gasteiger partial charge on any atom is -0.495 e. The highest BCUT2D eigenvalue weighted by Gasteiger charge is 2.16. The molecular formula is C34H33N3O4S. The van der Waals surface area contributed by atoms with E-state index in [4.69, 9.17) is 4.74 Å². The van der Waals surface area contributed by atoms with Crippen LogP contribution in [-0.4, -0.2) is 30.6 Å². The molecule has 0 aromatic heterocycles. The first-order valence-electron chi connectivity index (χ1n) is 13.5. The molecule has 0 unspecified atom stereocenters. The third-order valence-electron chi connectivity index (χ3n) is 6.29. The van der Waals surface area contributed by atoms with E-state index in [1.54, 1.807) is 67.8 Å². The summed E-state index contributed by atoms with van der Waals surface area (Å²) >= 11 is 1.34. The molecule has 4 aromatic rings. The Hall–Kier alpha value is -4.82. The summed E-state index contributed by atoms with van der Waals surface area (Å²) in [6.07, 6.45) is 1.65. The number of methoxy groups -OCH3 is 1. The van der Waals surface area contributed by atoms with Gasteiger partial charge in [-0.15, -0.1) is 11.8 Å². The van der Waals surface area contributed by atoms with Gasteiger partial charge < -0.3 is 20.7 Å². The zero-order valence-electron chi connectivity index (χ0n) is 23.7. The van der Waals surface area contributed by atoms with Gasteiger partial charge >= 0.3 is 0 Å². The highest BCUT2D eigenvalue weighted by atomic mass is 32.2. The first-order chi connectivity index (χ1) is 20.3. The molecule has 8 heteroatoms. The predicted molar refractivity (Wildman–Crippen MR) is 170 cm³/mol. The number of thioether (sulfide) groups is 1. The number of nitrogens with one attached hydrogen (secondary N) is 3. The van der Waals surface area contributed by atoms with E-state index in [1.807, 2.05) is 48.5 Å². The van der Waals surface area contributed by atoms with E-state index in [0.717, 1.165) is 10.5 Å². The number of hydrogen-bond donors (Lipinski definition) is 3. The number of ether oxygens (including phenoxy) is 1. The van der Waals surface area contributed by atoms with Crippen molar-refractivity contribution >= 4 is 46.9 Å². The van der Waals surface area contributed by atoms with Crippen LogP contribution in [0.3, 0.4) is 0 Å². The number of anilines is 2. The standard InChI is InChI=1S/C34H33N3O4S/c1-23(2)25-18-16-24(17-19-25)20-30(37-33(39)26-10-5-4-6-11-26)34(40)35-27-12-9-13-28(21-27)42-22-32(38)36-29-14-7-8-15-31(29)41-3/h4-21,23H,22H2,1-3H3,(H,35,40)(H,36,38)(H,37,39)/b30-20+. The minimum atomic E-state index is -0.469. The molecule has 4 rings (SSSR count). The normalized spacial score (nSPS) is 11.1. The number of hydrogen-bond acceptors (Lipinski definition) is 5. The van der Waals surface area contributed by atoms with Crippen LogP contribution < -0.4 is 20.7 Å². The minimum absolute atomic E-state index is 0.107. The first-order valence-corrected chi connectivity index (χ1v) is 14.5. The van der Waals surface area contributed by atoms with Crippen molar-refractivity contribution in [2.45, 2.75) is 24.7 Å². The Morgan fingerprint density at radius 2 is 1.55 bits per heavy atom. The summed E-state index contributed by atoms with van der Waals surface area (Å²) in [6.45, 7) is 4.23. The van der Waals surface area contributed by atoms with E-state index in [9.17, 15) is 14.4 Å². The molecular weight excluding hydrogens is 546 g/mol. The molecule has 0 bridgehead atoms. The molecule has 0 aliphatic rings. The predicted octanol–water partition coefficient (Wildman–Crippen LogP) is 6.96. The zero-order valence-corrected chi connectivity index (χ0v) is 24.5. The number of benzene rings is 4. The van der Waals surface area contributed by atoms with E-state index in [2.05, 4.69) is 29.8 Å². The van der Waals surface area contributed by atoms with Gasteiger partial charge in [-0.2, -0.15) is 0 Å². The highest BCUT2D eigenvalue weighted by Crippen LogP contribution is 2.25. The Balaban J connectivity index is 1.46. The molecule has 0 atom stereocenters. The highest BCUT2D eigenvalue weighted by molar-refractivity contribution is 8.00. The van der Waals surface area contributed by atoms with Gasteiger partial charge in [-0.1, -0.05) is 74.5 Å². The van der Waals surface area contributed by atoms with E-state index < -0.39 is 5.91 Å². The third kappa shape index (κ3) is 8.59. The second-order valence-electron chi connectivity index (χ2n) is 9.72. The summed E-state index contributed by atoms with van der Waals surface area (Å²) in [6, 6.07) is 31.0. The quantitative estimate of drug-likeness (QED) is 0.132. The molecule has 42 heavy (non-hydrogen) atoms. The van der Waals surface area contributed by atoms with Gasteiger partial charge in [0.05, 0.1) is 18.6 Å². The maximum atomic E-state index is 13.4. The van der Waals surface area contributed by atoms with Gasteiger partial charge in [0.25, 0.3) is 11.8 Å². The lowest BCUT2D eigenvalue weighted by Gasteiger charge is -2.13. The maximum Gasteiger partial charge on any atom is 0.272 e. The lowest BCUT2D eigenvalue weighted by molar-refractivity contribution is -0.114. The van der Waals surface area contributed by atoms with Crippen LogP contribution in [0.1, 0.15) is 41.3 Å². The third-order valence-corrected chi connectivity index (χ3v) is 7.28. The summed E-state index contributed by atoms with van der Waals surface area (Å²) in [5.41, 5.74) is 3.64. The molecule has 0 radical (unpaired) electrons. The van der Waals surface area contributed by atoms with Crippen LogP contribution in [0.25, 0.3) is 6.08 Å². The van der Waals surface area contributed by atoms with Crippen molar-refractivity contribution in [1.82, 2.24) is 5.32 Å². The Bertz CT molecular complexity index is 1570. The van der Waals surface area contributed by atoms with Crippen molar-refractivity contribution < 1.29 is 19.1 Å². The summed E-state index contributed by atoms with van der Waals surface area (Å²) in [4.78, 5) is 39.7. The molecule has 3 N–H and O–H groups in total. The topological polar surface area (TPSA) is 96.5 Å². The van der Waals surface area contributed by atoms with Crippen LogP contribution in [0.2, 0.25) is 0 Å². The van der Waals surface area contributed by atoms with Crippen molar-refractivity contribution in [2.75, 3.05) is 23.5 Å². The summed E-state index contributed by atoms with van der Waals surface area (Å²) in [5, 5.41) is 8.50. The fourth-order valence-corrected chi connectivity index (χ4v) is 4.79. The molecule has 0 saturated heterocycles. The molecule has 0 aliphatic heterocycles. The largest absolute Gasteiger partial charge is 0.495 e. The Labute approximate surface area is 250 Å². The number of carbonyl (C=O) groups is 3. The summed E-state index contributed by atoms with van der Waals surface area (Å²) < 4.78 is 5.29. The first kappa shape index (κ1) is 30.1. The van der Waals surface area contributed by atoms with Crippen LogP contribution in [0.4, 0.5) is 11.4 Å². The van der Waals surface area contributed by atoms with Crippen LogP contribution in [0, 0.1) is 0 Å². The van der Waals surface area contributed by atoms with E-state index in [1.165, 1.54) is 17.3 Å². The van der Waals surface area contributed by atoms with Gasteiger partial charge in [0.1, 0.15) is 11.4 Å². The van der Waals surface area contributed by atoms with Gasteiger partial charge in [0, 0.05) is 16.1 Å². The van der Waals surface area contributed by atoms with E-state index in [-0.39, 0.29) is 23.3 Å². The summed E-state index contributed by atoms with van der Waals surface area (Å²) in [7, 11) is 1.55. The van der Waals surface area contributed by atoms with Gasteiger partial charge in [-0.05, 0) is 65.6 Å². The number of para-hydroxylation sites is 2. The van der Waals surface area contributed by atoms with Crippen molar-refractivity contribution in [3.8, 4) is 5.75 Å². The maximum absolute atomic E-state index is 13.4. The average Bonchev–Trinajstić information content (AvgIpc) is 3.01. The van der Waals surface area contributed by atoms with Gasteiger partial charge in [-0.25, -0.2) is 0 Å². The van der Waals surface area contributed by atoms with Gasteiger partial charge in [0.15, 0.2) is 0 Å². The summed E-state index contributed by atoms with van der Waals surface area (Å²) in [5.74, 6) is 0.0847.